The molecule has 1 N–H and O–H groups in total. The highest BCUT2D eigenvalue weighted by atomic mass is 32.2. The van der Waals surface area contributed by atoms with E-state index in [1.54, 1.807) is 17.0 Å². The first-order valence-corrected chi connectivity index (χ1v) is 10.1. The molecule has 0 unspecified atom stereocenters. The highest BCUT2D eigenvalue weighted by molar-refractivity contribution is 8.03. The molecule has 0 saturated carbocycles. The normalized spacial score (nSPS) is 14.3. The summed E-state index contributed by atoms with van der Waals surface area (Å²) in [4.78, 5) is 12.8. The average molecular weight is 439 g/mol. The zero-order valence-corrected chi connectivity index (χ0v) is 16.9. The van der Waals surface area contributed by atoms with Gasteiger partial charge in [-0.2, -0.15) is 0 Å². The average Bonchev–Trinajstić information content (AvgIpc) is 3.08. The largest absolute Gasteiger partial charge is 0.511 e. The number of ether oxygens (including phenoxy) is 1. The van der Waals surface area contributed by atoms with Crippen LogP contribution in [0.15, 0.2) is 63.8 Å². The van der Waals surface area contributed by atoms with E-state index >= 15 is 0 Å². The number of benzene rings is 1. The maximum absolute atomic E-state index is 14.5. The van der Waals surface area contributed by atoms with Crippen molar-refractivity contribution >= 4 is 17.9 Å². The fraction of sp³-hybridized carbons (Fsp3) is 0.286. The van der Waals surface area contributed by atoms with Crippen molar-refractivity contribution in [2.24, 2.45) is 0 Å². The number of aryl methyl sites for hydroxylation is 1. The minimum Gasteiger partial charge on any atom is -0.464 e. The summed E-state index contributed by atoms with van der Waals surface area (Å²) in [6, 6.07) is 7.73. The van der Waals surface area contributed by atoms with Crippen LogP contribution in [0, 0.1) is 12.7 Å². The Morgan fingerprint density at radius 2 is 2.00 bits per heavy atom. The Bertz CT molecular complexity index is 953. The Morgan fingerprint density at radius 3 is 2.63 bits per heavy atom. The number of rotatable bonds is 8. The summed E-state index contributed by atoms with van der Waals surface area (Å²) in [5.41, 5.74) is -0.271. The van der Waals surface area contributed by atoms with Gasteiger partial charge in [-0.1, -0.05) is 18.2 Å². The van der Waals surface area contributed by atoms with Crippen LogP contribution < -0.4 is 0 Å². The van der Waals surface area contributed by atoms with Crippen LogP contribution in [0.25, 0.3) is 0 Å². The van der Waals surface area contributed by atoms with E-state index in [-0.39, 0.29) is 17.1 Å². The third-order valence-corrected chi connectivity index (χ3v) is 5.50. The number of hydrogen-bond acceptors (Lipinski definition) is 5. The molecule has 0 radical (unpaired) electrons. The maximum atomic E-state index is 14.5. The van der Waals surface area contributed by atoms with E-state index in [0.29, 0.717) is 23.9 Å². The molecule has 5 nitrogen and oxygen atoms in total. The zero-order chi connectivity index (χ0) is 21.7. The topological polar surface area (TPSA) is 62.9 Å². The molecule has 160 valence electrons. The lowest BCUT2D eigenvalue weighted by Gasteiger charge is -2.29. The standard InChI is InChI=1S/C21H20F3NO4S/c1-14-4-9-17(28-14)13-25-11-2-3-18(29-20(26)27)19(25)30-12-10-21(23,24)15-5-7-16(22)8-6-15/h2-9H,10-13H2,1H3,(H,26,27). The lowest BCUT2D eigenvalue weighted by molar-refractivity contribution is -0.00708. The van der Waals surface area contributed by atoms with Crippen molar-refractivity contribution in [2.75, 3.05) is 12.3 Å². The van der Waals surface area contributed by atoms with Gasteiger partial charge in [-0.15, -0.1) is 11.8 Å². The van der Waals surface area contributed by atoms with E-state index in [4.69, 9.17) is 14.3 Å². The molecule has 0 spiro atoms. The van der Waals surface area contributed by atoms with Crippen LogP contribution in [0.3, 0.4) is 0 Å². The molecule has 9 heteroatoms. The summed E-state index contributed by atoms with van der Waals surface area (Å²) in [5, 5.41) is 9.44. The number of furan rings is 1. The summed E-state index contributed by atoms with van der Waals surface area (Å²) in [6.45, 7) is 2.59. The van der Waals surface area contributed by atoms with E-state index in [1.807, 2.05) is 13.0 Å². The van der Waals surface area contributed by atoms with Crippen LogP contribution in [0.4, 0.5) is 18.0 Å². The molecule has 0 aliphatic carbocycles. The molecule has 0 fully saturated rings. The van der Waals surface area contributed by atoms with Crippen LogP contribution in [-0.2, 0) is 17.2 Å². The van der Waals surface area contributed by atoms with E-state index in [2.05, 4.69) is 0 Å². The maximum Gasteiger partial charge on any atom is 0.511 e. The minimum atomic E-state index is -3.15. The first-order valence-electron chi connectivity index (χ1n) is 9.13. The van der Waals surface area contributed by atoms with Gasteiger partial charge in [0.25, 0.3) is 5.92 Å². The Balaban J connectivity index is 1.73. The Labute approximate surface area is 175 Å². The summed E-state index contributed by atoms with van der Waals surface area (Å²) < 4.78 is 52.4. The summed E-state index contributed by atoms with van der Waals surface area (Å²) in [6.07, 6.45) is 1.24. The number of halogens is 3. The smallest absolute Gasteiger partial charge is 0.464 e. The van der Waals surface area contributed by atoms with Crippen molar-refractivity contribution in [3.63, 3.8) is 0 Å². The Kier molecular flexibility index (Phi) is 6.81. The SMILES string of the molecule is Cc1ccc(CN2CC=CC(OC(=O)O)=C2SCCC(F)(F)c2ccc(F)cc2)o1. The molecule has 1 aliphatic heterocycles. The van der Waals surface area contributed by atoms with Gasteiger partial charge in [-0.25, -0.2) is 18.0 Å². The number of alkyl halides is 2. The van der Waals surface area contributed by atoms with Crippen LogP contribution in [-0.4, -0.2) is 28.5 Å². The van der Waals surface area contributed by atoms with E-state index in [1.165, 1.54) is 6.08 Å². The fourth-order valence-corrected chi connectivity index (χ4v) is 4.07. The second kappa shape index (κ2) is 9.34. The first kappa shape index (κ1) is 21.9. The van der Waals surface area contributed by atoms with Gasteiger partial charge in [0, 0.05) is 24.3 Å². The predicted molar refractivity (Wildman–Crippen MR) is 106 cm³/mol. The molecule has 3 rings (SSSR count). The number of carbonyl (C=O) groups is 1. The van der Waals surface area contributed by atoms with E-state index in [0.717, 1.165) is 41.8 Å². The molecule has 1 aliphatic rings. The van der Waals surface area contributed by atoms with Gasteiger partial charge in [0.1, 0.15) is 22.4 Å². The predicted octanol–water partition coefficient (Wildman–Crippen LogP) is 5.88. The first-order chi connectivity index (χ1) is 14.2. The van der Waals surface area contributed by atoms with Crippen LogP contribution in [0.5, 0.6) is 0 Å². The number of hydrogen-bond donors (Lipinski definition) is 1. The molecule has 0 atom stereocenters. The second-order valence-corrected chi connectivity index (χ2v) is 7.73. The van der Waals surface area contributed by atoms with Crippen molar-refractivity contribution in [3.05, 3.63) is 82.2 Å². The molecule has 1 aromatic carbocycles. The van der Waals surface area contributed by atoms with Gasteiger partial charge >= 0.3 is 6.16 Å². The van der Waals surface area contributed by atoms with Crippen LogP contribution in [0.1, 0.15) is 23.5 Å². The van der Waals surface area contributed by atoms with Crippen molar-refractivity contribution in [1.29, 1.82) is 0 Å². The third-order valence-electron chi connectivity index (χ3n) is 4.35. The van der Waals surface area contributed by atoms with Gasteiger partial charge in [0.2, 0.25) is 0 Å². The highest BCUT2D eigenvalue weighted by Crippen LogP contribution is 2.37. The van der Waals surface area contributed by atoms with Gasteiger partial charge in [-0.3, -0.25) is 0 Å². The summed E-state index contributed by atoms with van der Waals surface area (Å²) in [7, 11) is 0. The Hall–Kier alpha value is -2.81. The zero-order valence-electron chi connectivity index (χ0n) is 16.1. The van der Waals surface area contributed by atoms with Gasteiger partial charge in [0.05, 0.1) is 6.54 Å². The molecule has 0 amide bonds. The van der Waals surface area contributed by atoms with Crippen molar-refractivity contribution in [1.82, 2.24) is 4.90 Å². The molecule has 30 heavy (non-hydrogen) atoms. The van der Waals surface area contributed by atoms with Crippen LogP contribution in [0.2, 0.25) is 0 Å². The third kappa shape index (κ3) is 5.63. The van der Waals surface area contributed by atoms with Crippen molar-refractivity contribution < 1.29 is 32.2 Å². The number of thioether (sulfide) groups is 1. The lowest BCUT2D eigenvalue weighted by Crippen LogP contribution is -2.26. The lowest BCUT2D eigenvalue weighted by atomic mass is 10.1. The van der Waals surface area contributed by atoms with Crippen LogP contribution >= 0.6 is 11.8 Å². The van der Waals surface area contributed by atoms with Gasteiger partial charge < -0.3 is 19.2 Å². The van der Waals surface area contributed by atoms with Gasteiger partial charge in [0.15, 0.2) is 5.76 Å². The van der Waals surface area contributed by atoms with Crippen molar-refractivity contribution in [2.45, 2.75) is 25.8 Å². The number of allylic oxidation sites excluding steroid dienone is 1. The summed E-state index contributed by atoms with van der Waals surface area (Å²) >= 11 is 1.08. The highest BCUT2D eigenvalue weighted by Gasteiger charge is 2.32. The molecule has 1 aromatic heterocycles. The Morgan fingerprint density at radius 1 is 1.27 bits per heavy atom. The molecular weight excluding hydrogens is 419 g/mol. The number of nitrogens with zero attached hydrogens (tertiary/aromatic N) is 1. The van der Waals surface area contributed by atoms with E-state index in [9.17, 15) is 18.0 Å². The molecule has 2 heterocycles. The second-order valence-electron chi connectivity index (χ2n) is 6.64. The quantitative estimate of drug-likeness (QED) is 0.519. The molecule has 0 bridgehead atoms. The minimum absolute atomic E-state index is 0.00624. The molecule has 2 aromatic rings. The van der Waals surface area contributed by atoms with Gasteiger partial charge in [-0.05, 0) is 37.3 Å². The molecule has 0 saturated heterocycles. The fourth-order valence-electron chi connectivity index (χ4n) is 2.94. The monoisotopic (exact) mass is 439 g/mol. The van der Waals surface area contributed by atoms with E-state index < -0.39 is 24.3 Å². The van der Waals surface area contributed by atoms with Crippen molar-refractivity contribution in [3.8, 4) is 0 Å². The number of carboxylic acid groups (broad SMARTS) is 1. The molecular formula is C21H20F3NO4S. The summed E-state index contributed by atoms with van der Waals surface area (Å²) in [5.74, 6) is -2.27.